The monoisotopic (exact) mass is 209 g/mol. The molecule has 0 spiro atoms. The van der Waals surface area contributed by atoms with E-state index in [4.69, 9.17) is 0 Å². The van der Waals surface area contributed by atoms with E-state index < -0.39 is 0 Å². The van der Waals surface area contributed by atoms with Crippen molar-refractivity contribution in [2.45, 2.75) is 45.6 Å². The fourth-order valence-electron chi connectivity index (χ4n) is 1.90. The normalized spacial score (nSPS) is 13.0. The molecule has 0 saturated heterocycles. The zero-order valence-electron chi connectivity index (χ0n) is 10.2. The van der Waals surface area contributed by atoms with Crippen LogP contribution in [-0.4, -0.2) is 22.4 Å². The molecule has 0 bridgehead atoms. The quantitative estimate of drug-likeness (QED) is 0.745. The van der Waals surface area contributed by atoms with E-state index in [1.165, 1.54) is 25.0 Å². The summed E-state index contributed by atoms with van der Waals surface area (Å²) >= 11 is 0. The molecule has 0 radical (unpaired) electrons. The summed E-state index contributed by atoms with van der Waals surface area (Å²) in [4.78, 5) is 0. The van der Waals surface area contributed by atoms with Gasteiger partial charge in [-0.05, 0) is 31.9 Å². The Balaban J connectivity index is 2.32. The molecule has 1 N–H and O–H groups in total. The molecule has 1 unspecified atom stereocenters. The van der Waals surface area contributed by atoms with Gasteiger partial charge in [0, 0.05) is 19.3 Å². The zero-order chi connectivity index (χ0) is 11.1. The Hall–Kier alpha value is -0.830. The van der Waals surface area contributed by atoms with E-state index in [1.807, 2.05) is 17.9 Å². The first-order valence-corrected chi connectivity index (χ1v) is 5.98. The third kappa shape index (κ3) is 4.47. The fourth-order valence-corrected chi connectivity index (χ4v) is 1.90. The van der Waals surface area contributed by atoms with Gasteiger partial charge in [-0.1, -0.05) is 20.3 Å². The van der Waals surface area contributed by atoms with Crippen molar-refractivity contribution in [2.24, 2.45) is 7.05 Å². The number of nitrogens with zero attached hydrogens (tertiary/aromatic N) is 2. The Morgan fingerprint density at radius 3 is 2.73 bits per heavy atom. The second-order valence-electron chi connectivity index (χ2n) is 4.06. The van der Waals surface area contributed by atoms with Crippen molar-refractivity contribution in [3.05, 3.63) is 18.0 Å². The lowest BCUT2D eigenvalue weighted by Crippen LogP contribution is -2.29. The summed E-state index contributed by atoms with van der Waals surface area (Å²) in [5.41, 5.74) is 1.21. The van der Waals surface area contributed by atoms with Crippen molar-refractivity contribution in [1.29, 1.82) is 0 Å². The molecule has 0 aromatic carbocycles. The highest BCUT2D eigenvalue weighted by molar-refractivity contribution is 4.99. The fraction of sp³-hybridized carbons (Fsp3) is 0.750. The van der Waals surface area contributed by atoms with Crippen LogP contribution in [0.15, 0.2) is 12.3 Å². The van der Waals surface area contributed by atoms with Crippen LogP contribution < -0.4 is 5.32 Å². The standard InChI is InChI=1S/C12H23N3/c1-4-6-11(13-5-2)7-8-12-9-10-15(3)14-12/h9-11,13H,4-8H2,1-3H3. The van der Waals surface area contributed by atoms with Crippen LogP contribution in [0.4, 0.5) is 0 Å². The van der Waals surface area contributed by atoms with Gasteiger partial charge in [-0.25, -0.2) is 0 Å². The molecule has 1 aromatic heterocycles. The van der Waals surface area contributed by atoms with Crippen LogP contribution in [0.25, 0.3) is 0 Å². The number of aromatic nitrogens is 2. The Kier molecular flexibility index (Phi) is 5.40. The molecule has 15 heavy (non-hydrogen) atoms. The number of hydrogen-bond acceptors (Lipinski definition) is 2. The summed E-state index contributed by atoms with van der Waals surface area (Å²) in [5, 5.41) is 7.92. The molecule has 86 valence electrons. The summed E-state index contributed by atoms with van der Waals surface area (Å²) in [6.45, 7) is 5.47. The van der Waals surface area contributed by atoms with E-state index in [-0.39, 0.29) is 0 Å². The van der Waals surface area contributed by atoms with Gasteiger partial charge in [0.25, 0.3) is 0 Å². The van der Waals surface area contributed by atoms with Crippen LogP contribution in [0.3, 0.4) is 0 Å². The third-order valence-corrected chi connectivity index (χ3v) is 2.65. The summed E-state index contributed by atoms with van der Waals surface area (Å²) in [6.07, 6.45) is 6.80. The van der Waals surface area contributed by atoms with Gasteiger partial charge in [-0.3, -0.25) is 4.68 Å². The van der Waals surface area contributed by atoms with Gasteiger partial charge in [0.2, 0.25) is 0 Å². The highest BCUT2D eigenvalue weighted by atomic mass is 15.2. The lowest BCUT2D eigenvalue weighted by Gasteiger charge is -2.16. The van der Waals surface area contributed by atoms with Gasteiger partial charge in [-0.15, -0.1) is 0 Å². The minimum absolute atomic E-state index is 0.655. The van der Waals surface area contributed by atoms with Crippen LogP contribution in [0.5, 0.6) is 0 Å². The van der Waals surface area contributed by atoms with Crippen LogP contribution in [-0.2, 0) is 13.5 Å². The molecule has 1 heterocycles. The van der Waals surface area contributed by atoms with Gasteiger partial charge >= 0.3 is 0 Å². The zero-order valence-corrected chi connectivity index (χ0v) is 10.2. The highest BCUT2D eigenvalue weighted by Crippen LogP contribution is 2.07. The molecule has 1 atom stereocenters. The number of aryl methyl sites for hydroxylation is 2. The molecule has 3 heteroatoms. The molecule has 0 aliphatic carbocycles. The van der Waals surface area contributed by atoms with E-state index in [1.54, 1.807) is 0 Å². The molecular weight excluding hydrogens is 186 g/mol. The van der Waals surface area contributed by atoms with Crippen molar-refractivity contribution in [3.8, 4) is 0 Å². The molecule has 1 rings (SSSR count). The maximum Gasteiger partial charge on any atom is 0.0625 e. The van der Waals surface area contributed by atoms with Gasteiger partial charge in [0.1, 0.15) is 0 Å². The van der Waals surface area contributed by atoms with Crippen LogP contribution in [0.2, 0.25) is 0 Å². The predicted molar refractivity (Wildman–Crippen MR) is 63.9 cm³/mol. The predicted octanol–water partition coefficient (Wildman–Crippen LogP) is 2.13. The first-order valence-electron chi connectivity index (χ1n) is 5.98. The molecule has 0 aliphatic heterocycles. The Labute approximate surface area is 92.9 Å². The minimum Gasteiger partial charge on any atom is -0.314 e. The maximum atomic E-state index is 4.39. The molecule has 1 aromatic rings. The minimum atomic E-state index is 0.655. The second-order valence-corrected chi connectivity index (χ2v) is 4.06. The first kappa shape index (κ1) is 12.2. The summed E-state index contributed by atoms with van der Waals surface area (Å²) in [6, 6.07) is 2.76. The van der Waals surface area contributed by atoms with Crippen molar-refractivity contribution in [3.63, 3.8) is 0 Å². The molecular formula is C12H23N3. The largest absolute Gasteiger partial charge is 0.314 e. The van der Waals surface area contributed by atoms with Crippen LogP contribution in [0.1, 0.15) is 38.8 Å². The number of rotatable bonds is 7. The molecule has 0 saturated carbocycles. The van der Waals surface area contributed by atoms with E-state index in [0.29, 0.717) is 6.04 Å². The van der Waals surface area contributed by atoms with Crippen molar-refractivity contribution in [2.75, 3.05) is 6.54 Å². The number of nitrogens with one attached hydrogen (secondary N) is 1. The lowest BCUT2D eigenvalue weighted by molar-refractivity contribution is 0.457. The Morgan fingerprint density at radius 2 is 2.20 bits per heavy atom. The van der Waals surface area contributed by atoms with Crippen molar-refractivity contribution < 1.29 is 0 Å². The third-order valence-electron chi connectivity index (χ3n) is 2.65. The average molecular weight is 209 g/mol. The van der Waals surface area contributed by atoms with E-state index in [2.05, 4.69) is 30.3 Å². The van der Waals surface area contributed by atoms with Crippen LogP contribution >= 0.6 is 0 Å². The summed E-state index contributed by atoms with van der Waals surface area (Å²) in [5.74, 6) is 0. The van der Waals surface area contributed by atoms with Crippen molar-refractivity contribution in [1.82, 2.24) is 15.1 Å². The average Bonchev–Trinajstić information content (AvgIpc) is 2.61. The number of hydrogen-bond donors (Lipinski definition) is 1. The van der Waals surface area contributed by atoms with Crippen LogP contribution in [0, 0.1) is 0 Å². The summed E-state index contributed by atoms with van der Waals surface area (Å²) < 4.78 is 1.87. The summed E-state index contributed by atoms with van der Waals surface area (Å²) in [7, 11) is 1.97. The Morgan fingerprint density at radius 1 is 1.40 bits per heavy atom. The SMILES string of the molecule is CCCC(CCc1ccn(C)n1)NCC. The van der Waals surface area contributed by atoms with E-state index in [0.717, 1.165) is 13.0 Å². The highest BCUT2D eigenvalue weighted by Gasteiger charge is 2.07. The molecule has 0 fully saturated rings. The molecule has 3 nitrogen and oxygen atoms in total. The van der Waals surface area contributed by atoms with Gasteiger partial charge in [0.05, 0.1) is 5.69 Å². The van der Waals surface area contributed by atoms with E-state index >= 15 is 0 Å². The van der Waals surface area contributed by atoms with E-state index in [9.17, 15) is 0 Å². The first-order chi connectivity index (χ1) is 7.26. The smallest absolute Gasteiger partial charge is 0.0625 e. The topological polar surface area (TPSA) is 29.9 Å². The second kappa shape index (κ2) is 6.62. The van der Waals surface area contributed by atoms with Gasteiger partial charge in [-0.2, -0.15) is 5.10 Å². The Bertz CT molecular complexity index is 262. The maximum absolute atomic E-state index is 4.39. The van der Waals surface area contributed by atoms with Crippen molar-refractivity contribution >= 4 is 0 Å². The molecule has 0 amide bonds. The van der Waals surface area contributed by atoms with Gasteiger partial charge < -0.3 is 5.32 Å². The molecule has 0 aliphatic rings. The lowest BCUT2D eigenvalue weighted by atomic mass is 10.1. The van der Waals surface area contributed by atoms with Gasteiger partial charge in [0.15, 0.2) is 0 Å².